The third-order valence-corrected chi connectivity index (χ3v) is 4.53. The summed E-state index contributed by atoms with van der Waals surface area (Å²) in [6, 6.07) is 7.95. The molecule has 0 N–H and O–H groups in total. The normalized spacial score (nSPS) is 19.6. The molecule has 0 spiro atoms. The largest absolute Gasteiger partial charge is 0.293 e. The second kappa shape index (κ2) is 4.49. The van der Waals surface area contributed by atoms with E-state index in [0.717, 1.165) is 34.9 Å². The summed E-state index contributed by atoms with van der Waals surface area (Å²) in [5, 5.41) is 2.21. The molecule has 1 aromatic heterocycles. The lowest BCUT2D eigenvalue weighted by atomic mass is 10.0. The van der Waals surface area contributed by atoms with Gasteiger partial charge in [-0.2, -0.15) is 11.8 Å². The van der Waals surface area contributed by atoms with Gasteiger partial charge >= 0.3 is 0 Å². The minimum atomic E-state index is 0.141. The van der Waals surface area contributed by atoms with Crippen molar-refractivity contribution in [3.8, 4) is 0 Å². The van der Waals surface area contributed by atoms with Crippen LogP contribution in [-0.4, -0.2) is 21.8 Å². The molecule has 1 unspecified atom stereocenters. The fourth-order valence-electron chi connectivity index (χ4n) is 2.27. The number of rotatable bonds is 2. The van der Waals surface area contributed by atoms with Crippen molar-refractivity contribution < 1.29 is 4.79 Å². The molecular formula is C14H13NOS. The smallest absolute Gasteiger partial charge is 0.177 e. The lowest BCUT2D eigenvalue weighted by Gasteiger charge is -2.09. The van der Waals surface area contributed by atoms with Crippen LogP contribution in [0.5, 0.6) is 0 Å². The van der Waals surface area contributed by atoms with Gasteiger partial charge in [0, 0.05) is 23.3 Å². The lowest BCUT2D eigenvalue weighted by Crippen LogP contribution is -2.14. The van der Waals surface area contributed by atoms with Crippen LogP contribution in [0.1, 0.15) is 23.2 Å². The molecule has 0 radical (unpaired) electrons. The Morgan fingerprint density at radius 2 is 2.18 bits per heavy atom. The Labute approximate surface area is 104 Å². The van der Waals surface area contributed by atoms with Crippen molar-refractivity contribution in [3.63, 3.8) is 0 Å². The van der Waals surface area contributed by atoms with Crippen LogP contribution in [0.15, 0.2) is 36.7 Å². The highest BCUT2D eigenvalue weighted by atomic mass is 32.2. The van der Waals surface area contributed by atoms with Crippen LogP contribution >= 0.6 is 11.8 Å². The molecule has 1 aliphatic rings. The number of hydrogen-bond donors (Lipinski definition) is 0. The molecule has 0 bridgehead atoms. The van der Waals surface area contributed by atoms with Gasteiger partial charge in [-0.3, -0.25) is 9.78 Å². The highest BCUT2D eigenvalue weighted by Gasteiger charge is 2.25. The molecule has 1 aliphatic heterocycles. The molecule has 1 aromatic carbocycles. The Bertz CT molecular complexity index is 556. The number of ketones is 1. The predicted octanol–water partition coefficient (Wildman–Crippen LogP) is 3.31. The molecule has 0 aliphatic carbocycles. The first-order chi connectivity index (χ1) is 8.36. The van der Waals surface area contributed by atoms with E-state index in [-0.39, 0.29) is 11.0 Å². The maximum atomic E-state index is 12.4. The Hall–Kier alpha value is -1.35. The Morgan fingerprint density at radius 1 is 1.29 bits per heavy atom. The van der Waals surface area contributed by atoms with Crippen LogP contribution in [0.4, 0.5) is 0 Å². The third-order valence-electron chi connectivity index (χ3n) is 3.16. The van der Waals surface area contributed by atoms with Gasteiger partial charge in [0.05, 0.1) is 5.25 Å². The van der Waals surface area contributed by atoms with E-state index < -0.39 is 0 Å². The first-order valence-corrected chi connectivity index (χ1v) is 6.90. The Morgan fingerprint density at radius 3 is 3.00 bits per heavy atom. The van der Waals surface area contributed by atoms with E-state index in [2.05, 4.69) is 4.98 Å². The highest BCUT2D eigenvalue weighted by molar-refractivity contribution is 8.00. The van der Waals surface area contributed by atoms with Crippen LogP contribution in [0, 0.1) is 0 Å². The fourth-order valence-corrected chi connectivity index (χ4v) is 3.50. The molecule has 1 fully saturated rings. The lowest BCUT2D eigenvalue weighted by molar-refractivity contribution is 0.0990. The molecule has 1 atom stereocenters. The van der Waals surface area contributed by atoms with Crippen molar-refractivity contribution in [2.75, 3.05) is 5.75 Å². The van der Waals surface area contributed by atoms with E-state index in [1.165, 1.54) is 0 Å². The van der Waals surface area contributed by atoms with Crippen molar-refractivity contribution in [2.45, 2.75) is 18.1 Å². The summed E-state index contributed by atoms with van der Waals surface area (Å²) >= 11 is 1.78. The van der Waals surface area contributed by atoms with Crippen molar-refractivity contribution in [1.82, 2.24) is 4.98 Å². The number of aromatic nitrogens is 1. The highest BCUT2D eigenvalue weighted by Crippen LogP contribution is 2.30. The maximum absolute atomic E-state index is 12.4. The van der Waals surface area contributed by atoms with Crippen molar-refractivity contribution >= 4 is 28.3 Å². The first-order valence-electron chi connectivity index (χ1n) is 5.85. The van der Waals surface area contributed by atoms with E-state index in [9.17, 15) is 4.79 Å². The van der Waals surface area contributed by atoms with Gasteiger partial charge in [0.15, 0.2) is 5.78 Å². The quantitative estimate of drug-likeness (QED) is 0.758. The second-order valence-electron chi connectivity index (χ2n) is 4.27. The molecule has 3 heteroatoms. The topological polar surface area (TPSA) is 30.0 Å². The summed E-state index contributed by atoms with van der Waals surface area (Å²) in [6.07, 6.45) is 5.68. The number of fused-ring (bicyclic) bond motifs is 1. The van der Waals surface area contributed by atoms with E-state index >= 15 is 0 Å². The second-order valence-corrected chi connectivity index (χ2v) is 5.58. The standard InChI is InChI=1S/C14H13NOS/c16-14(13-6-3-7-17-13)12-9-15-8-10-4-1-2-5-11(10)12/h1-2,4-5,8-9,13H,3,6-7H2. The number of carbonyl (C=O) groups excluding carboxylic acids is 1. The van der Waals surface area contributed by atoms with E-state index in [0.29, 0.717) is 0 Å². The zero-order valence-corrected chi connectivity index (χ0v) is 10.2. The van der Waals surface area contributed by atoms with Gasteiger partial charge in [0.2, 0.25) is 0 Å². The summed E-state index contributed by atoms with van der Waals surface area (Å²) in [5.74, 6) is 1.35. The fraction of sp³-hybridized carbons (Fsp3) is 0.286. The summed E-state index contributed by atoms with van der Waals surface area (Å²) in [4.78, 5) is 16.6. The SMILES string of the molecule is O=C(c1cncc2ccccc12)C1CCCS1. The summed E-state index contributed by atoms with van der Waals surface area (Å²) < 4.78 is 0. The number of pyridine rings is 1. The molecule has 0 amide bonds. The van der Waals surface area contributed by atoms with Gasteiger partial charge < -0.3 is 0 Å². The van der Waals surface area contributed by atoms with Crippen LogP contribution in [0.2, 0.25) is 0 Å². The molecule has 2 nitrogen and oxygen atoms in total. The zero-order valence-electron chi connectivity index (χ0n) is 9.43. The molecule has 2 heterocycles. The minimum Gasteiger partial charge on any atom is -0.293 e. The van der Waals surface area contributed by atoms with Gasteiger partial charge in [-0.1, -0.05) is 24.3 Å². The molecular weight excluding hydrogens is 230 g/mol. The first kappa shape index (κ1) is 10.8. The van der Waals surface area contributed by atoms with Gasteiger partial charge in [-0.25, -0.2) is 0 Å². The van der Waals surface area contributed by atoms with Gasteiger partial charge in [0.1, 0.15) is 0 Å². The molecule has 0 saturated carbocycles. The summed E-state index contributed by atoms with van der Waals surface area (Å²) in [7, 11) is 0. The number of thioether (sulfide) groups is 1. The Kier molecular flexibility index (Phi) is 2.85. The molecule has 17 heavy (non-hydrogen) atoms. The Balaban J connectivity index is 2.07. The van der Waals surface area contributed by atoms with E-state index in [1.54, 1.807) is 18.0 Å². The zero-order chi connectivity index (χ0) is 11.7. The number of benzene rings is 1. The van der Waals surface area contributed by atoms with Crippen molar-refractivity contribution in [1.29, 1.82) is 0 Å². The van der Waals surface area contributed by atoms with Crippen molar-refractivity contribution in [3.05, 3.63) is 42.2 Å². The number of Topliss-reactive ketones (excluding diaryl/α,β-unsaturated/α-hetero) is 1. The van der Waals surface area contributed by atoms with Crippen molar-refractivity contribution in [2.24, 2.45) is 0 Å². The average Bonchev–Trinajstić information content (AvgIpc) is 2.91. The summed E-state index contributed by atoms with van der Waals surface area (Å²) in [5.41, 5.74) is 0.780. The van der Waals surface area contributed by atoms with Crippen LogP contribution < -0.4 is 0 Å². The van der Waals surface area contributed by atoms with Gasteiger partial charge in [-0.05, 0) is 24.0 Å². The molecule has 1 saturated heterocycles. The molecule has 3 rings (SSSR count). The minimum absolute atomic E-state index is 0.141. The summed E-state index contributed by atoms with van der Waals surface area (Å²) in [6.45, 7) is 0. The number of nitrogens with zero attached hydrogens (tertiary/aromatic N) is 1. The van der Waals surface area contributed by atoms with Gasteiger partial charge in [-0.15, -0.1) is 0 Å². The average molecular weight is 243 g/mol. The monoisotopic (exact) mass is 243 g/mol. The van der Waals surface area contributed by atoms with E-state index in [1.807, 2.05) is 30.5 Å². The van der Waals surface area contributed by atoms with Crippen LogP contribution in [0.25, 0.3) is 10.8 Å². The van der Waals surface area contributed by atoms with Crippen LogP contribution in [-0.2, 0) is 0 Å². The number of hydrogen-bond acceptors (Lipinski definition) is 3. The molecule has 86 valence electrons. The predicted molar refractivity (Wildman–Crippen MR) is 71.6 cm³/mol. The number of carbonyl (C=O) groups is 1. The van der Waals surface area contributed by atoms with Gasteiger partial charge in [0.25, 0.3) is 0 Å². The third kappa shape index (κ3) is 1.95. The molecule has 2 aromatic rings. The van der Waals surface area contributed by atoms with E-state index in [4.69, 9.17) is 0 Å². The maximum Gasteiger partial charge on any atom is 0.177 e. The van der Waals surface area contributed by atoms with Crippen LogP contribution in [0.3, 0.4) is 0 Å².